The molecule has 4 nitrogen and oxygen atoms in total. The summed E-state index contributed by atoms with van der Waals surface area (Å²) in [6.45, 7) is 1.91. The van der Waals surface area contributed by atoms with Gasteiger partial charge in [-0.3, -0.25) is 4.79 Å². The van der Waals surface area contributed by atoms with Crippen molar-refractivity contribution in [2.24, 2.45) is 7.05 Å². The number of nitrogens with zero attached hydrogens (tertiary/aromatic N) is 3. The molecule has 0 fully saturated rings. The Balaban J connectivity index is 1.69. The standard InChI is InChI=1S/C16H19N3OS/c1-11-17-18-16(19(11)2)21-10-15(20)14-8-7-12-5-3-4-6-13(12)9-14/h7-9H,3-6,10H2,1-2H3. The van der Waals surface area contributed by atoms with Gasteiger partial charge in [-0.15, -0.1) is 10.2 Å². The first-order chi connectivity index (χ1) is 10.1. The minimum atomic E-state index is 0.161. The monoisotopic (exact) mass is 301 g/mol. The van der Waals surface area contributed by atoms with Gasteiger partial charge in [-0.25, -0.2) is 0 Å². The van der Waals surface area contributed by atoms with Crippen LogP contribution in [0.4, 0.5) is 0 Å². The Hall–Kier alpha value is -1.62. The van der Waals surface area contributed by atoms with Crippen molar-refractivity contribution in [1.29, 1.82) is 0 Å². The molecule has 110 valence electrons. The molecule has 0 unspecified atom stereocenters. The van der Waals surface area contributed by atoms with Crippen molar-refractivity contribution in [3.05, 3.63) is 40.7 Å². The van der Waals surface area contributed by atoms with Gasteiger partial charge in [0.05, 0.1) is 5.75 Å². The van der Waals surface area contributed by atoms with E-state index in [2.05, 4.69) is 22.3 Å². The molecular formula is C16H19N3OS. The summed E-state index contributed by atoms with van der Waals surface area (Å²) in [7, 11) is 1.92. The Morgan fingerprint density at radius 2 is 2.00 bits per heavy atom. The average Bonchev–Trinajstić information content (AvgIpc) is 2.84. The number of rotatable bonds is 4. The van der Waals surface area contributed by atoms with E-state index in [0.717, 1.165) is 29.4 Å². The highest BCUT2D eigenvalue weighted by atomic mass is 32.2. The molecule has 0 saturated heterocycles. The summed E-state index contributed by atoms with van der Waals surface area (Å²) in [5.41, 5.74) is 3.59. The second-order valence-corrected chi connectivity index (χ2v) is 6.43. The zero-order valence-corrected chi connectivity index (χ0v) is 13.2. The predicted octanol–water partition coefficient (Wildman–Crippen LogP) is 2.98. The molecule has 0 bridgehead atoms. The van der Waals surface area contributed by atoms with E-state index in [1.54, 1.807) is 0 Å². The Morgan fingerprint density at radius 1 is 1.24 bits per heavy atom. The van der Waals surface area contributed by atoms with E-state index in [1.165, 1.54) is 35.7 Å². The molecule has 21 heavy (non-hydrogen) atoms. The quantitative estimate of drug-likeness (QED) is 0.643. The van der Waals surface area contributed by atoms with Crippen LogP contribution in [0, 0.1) is 6.92 Å². The summed E-state index contributed by atoms with van der Waals surface area (Å²) < 4.78 is 1.91. The molecule has 0 saturated carbocycles. The predicted molar refractivity (Wildman–Crippen MR) is 83.9 cm³/mol. The Morgan fingerprint density at radius 3 is 2.71 bits per heavy atom. The summed E-state index contributed by atoms with van der Waals surface area (Å²) in [5, 5.41) is 8.87. The average molecular weight is 301 g/mol. The van der Waals surface area contributed by atoms with Crippen LogP contribution in [0.25, 0.3) is 0 Å². The van der Waals surface area contributed by atoms with E-state index >= 15 is 0 Å². The number of carbonyl (C=O) groups is 1. The normalized spacial score (nSPS) is 14.0. The van der Waals surface area contributed by atoms with Crippen LogP contribution in [-0.2, 0) is 19.9 Å². The molecule has 1 aromatic heterocycles. The second kappa shape index (κ2) is 6.02. The zero-order valence-electron chi connectivity index (χ0n) is 12.4. The molecule has 0 spiro atoms. The van der Waals surface area contributed by atoms with Crippen molar-refractivity contribution in [1.82, 2.24) is 14.8 Å². The topological polar surface area (TPSA) is 47.8 Å². The second-order valence-electron chi connectivity index (χ2n) is 5.49. The van der Waals surface area contributed by atoms with Gasteiger partial charge in [-0.2, -0.15) is 0 Å². The lowest BCUT2D eigenvalue weighted by atomic mass is 9.90. The first kappa shape index (κ1) is 14.3. The van der Waals surface area contributed by atoms with E-state index in [4.69, 9.17) is 0 Å². The van der Waals surface area contributed by atoms with Crippen LogP contribution >= 0.6 is 11.8 Å². The van der Waals surface area contributed by atoms with Gasteiger partial charge in [-0.1, -0.05) is 23.9 Å². The molecule has 0 amide bonds. The number of ketones is 1. The van der Waals surface area contributed by atoms with Crippen LogP contribution in [0.3, 0.4) is 0 Å². The maximum Gasteiger partial charge on any atom is 0.191 e. The van der Waals surface area contributed by atoms with Gasteiger partial charge < -0.3 is 4.57 Å². The molecule has 1 aliphatic carbocycles. The highest BCUT2D eigenvalue weighted by molar-refractivity contribution is 7.99. The number of hydrogen-bond donors (Lipinski definition) is 0. The molecule has 1 heterocycles. The third-order valence-corrected chi connectivity index (χ3v) is 5.08. The lowest BCUT2D eigenvalue weighted by Crippen LogP contribution is -2.08. The van der Waals surface area contributed by atoms with E-state index < -0.39 is 0 Å². The van der Waals surface area contributed by atoms with E-state index in [-0.39, 0.29) is 5.78 Å². The number of benzene rings is 1. The number of hydrogen-bond acceptors (Lipinski definition) is 4. The van der Waals surface area contributed by atoms with Crippen molar-refractivity contribution < 1.29 is 4.79 Å². The van der Waals surface area contributed by atoms with Gasteiger partial charge in [0.15, 0.2) is 10.9 Å². The smallest absolute Gasteiger partial charge is 0.191 e. The van der Waals surface area contributed by atoms with Crippen molar-refractivity contribution in [2.45, 2.75) is 37.8 Å². The van der Waals surface area contributed by atoms with Crippen LogP contribution in [0.1, 0.15) is 40.2 Å². The maximum atomic E-state index is 12.3. The lowest BCUT2D eigenvalue weighted by Gasteiger charge is -2.16. The largest absolute Gasteiger partial charge is 0.309 e. The fraction of sp³-hybridized carbons (Fsp3) is 0.438. The fourth-order valence-electron chi connectivity index (χ4n) is 2.63. The third-order valence-electron chi connectivity index (χ3n) is 4.06. The number of Topliss-reactive ketones (excluding diaryl/α,β-unsaturated/α-hetero) is 1. The molecule has 2 aromatic rings. The van der Waals surface area contributed by atoms with Crippen molar-refractivity contribution in [2.75, 3.05) is 5.75 Å². The number of thioether (sulfide) groups is 1. The first-order valence-electron chi connectivity index (χ1n) is 7.29. The molecule has 0 atom stereocenters. The minimum Gasteiger partial charge on any atom is -0.309 e. The Kier molecular flexibility index (Phi) is 4.10. The van der Waals surface area contributed by atoms with E-state index in [0.29, 0.717) is 5.75 Å². The zero-order chi connectivity index (χ0) is 14.8. The number of aryl methyl sites for hydroxylation is 3. The van der Waals surface area contributed by atoms with Gasteiger partial charge in [0.1, 0.15) is 5.82 Å². The molecule has 0 N–H and O–H groups in total. The van der Waals surface area contributed by atoms with Crippen molar-refractivity contribution >= 4 is 17.5 Å². The lowest BCUT2D eigenvalue weighted by molar-refractivity contribution is 0.102. The fourth-order valence-corrected chi connectivity index (χ4v) is 3.48. The summed E-state index contributed by atoms with van der Waals surface area (Å²) in [6.07, 6.45) is 4.75. The van der Waals surface area contributed by atoms with Crippen LogP contribution in [0.15, 0.2) is 23.4 Å². The van der Waals surface area contributed by atoms with Crippen molar-refractivity contribution in [3.63, 3.8) is 0 Å². The van der Waals surface area contributed by atoms with Gasteiger partial charge in [0.2, 0.25) is 0 Å². The molecular weight excluding hydrogens is 282 g/mol. The SMILES string of the molecule is Cc1nnc(SCC(=O)c2ccc3c(c2)CCCC3)n1C. The highest BCUT2D eigenvalue weighted by Crippen LogP contribution is 2.23. The Labute approximate surface area is 129 Å². The number of aromatic nitrogens is 3. The van der Waals surface area contributed by atoms with E-state index in [1.807, 2.05) is 24.6 Å². The third kappa shape index (κ3) is 3.02. The van der Waals surface area contributed by atoms with Gasteiger partial charge >= 0.3 is 0 Å². The van der Waals surface area contributed by atoms with Gasteiger partial charge in [-0.05, 0) is 49.8 Å². The summed E-state index contributed by atoms with van der Waals surface area (Å²) in [5.74, 6) is 1.43. The molecule has 1 aromatic carbocycles. The molecule has 1 aliphatic rings. The van der Waals surface area contributed by atoms with E-state index in [9.17, 15) is 4.79 Å². The van der Waals surface area contributed by atoms with Crippen LogP contribution in [0.2, 0.25) is 0 Å². The molecule has 3 rings (SSSR count). The minimum absolute atomic E-state index is 0.161. The molecule has 0 aliphatic heterocycles. The number of fused-ring (bicyclic) bond motifs is 1. The number of carbonyl (C=O) groups excluding carboxylic acids is 1. The Bertz CT molecular complexity index is 678. The highest BCUT2D eigenvalue weighted by Gasteiger charge is 2.14. The summed E-state index contributed by atoms with van der Waals surface area (Å²) >= 11 is 1.45. The van der Waals surface area contributed by atoms with Gasteiger partial charge in [0, 0.05) is 12.6 Å². The summed E-state index contributed by atoms with van der Waals surface area (Å²) in [6, 6.07) is 6.17. The van der Waals surface area contributed by atoms with Crippen LogP contribution < -0.4 is 0 Å². The molecule has 0 radical (unpaired) electrons. The van der Waals surface area contributed by atoms with Crippen LogP contribution in [-0.4, -0.2) is 26.3 Å². The first-order valence-corrected chi connectivity index (χ1v) is 8.27. The van der Waals surface area contributed by atoms with Gasteiger partial charge in [0.25, 0.3) is 0 Å². The van der Waals surface area contributed by atoms with Crippen LogP contribution in [0.5, 0.6) is 0 Å². The van der Waals surface area contributed by atoms with Crippen molar-refractivity contribution in [3.8, 4) is 0 Å². The maximum absolute atomic E-state index is 12.3. The summed E-state index contributed by atoms with van der Waals surface area (Å²) in [4.78, 5) is 12.3. The molecule has 5 heteroatoms.